The van der Waals surface area contributed by atoms with Crippen molar-refractivity contribution in [2.45, 2.75) is 0 Å². The number of hydrogen-bond donors (Lipinski definition) is 7. The number of anilines is 8. The van der Waals surface area contributed by atoms with Crippen LogP contribution in [0.15, 0.2) is 104 Å². The molecule has 0 aliphatic rings. The second kappa shape index (κ2) is 15.1. The highest BCUT2D eigenvalue weighted by atomic mass is 16.5. The van der Waals surface area contributed by atoms with Crippen LogP contribution < -0.4 is 47.7 Å². The SMILES string of the molecule is CN(C)C(=O)c1cccc(Nc2c(Nc3cccc[n+]3O)c(=O)c2=O)c1O.CN(C)C(=O)c1cccc(Nc2c(Nc3ccccn3)c(=O)c2=O)c1O. The Morgan fingerprint density at radius 1 is 0.585 bits per heavy atom. The van der Waals surface area contributed by atoms with E-state index in [1.165, 1.54) is 52.4 Å². The van der Waals surface area contributed by atoms with E-state index in [0.29, 0.717) is 5.82 Å². The zero-order valence-corrected chi connectivity index (χ0v) is 28.7. The standard InChI is InChI=1S/C18H16N4O5.C18H16N4O4/c1-21(2)18(26)10-6-5-7-11(15(10)23)19-13-14(17(25)16(13)24)20-12-8-3-4-9-22(12)27;1-22(2)18(26)10-6-5-7-11(15(10)23)20-13-14(17(25)16(13)24)21-12-8-3-4-9-19-12/h3-9,27H,1-2H3,(H2,19,23,24,25,26);3-9,20,23H,1-2H3,(H,19,21)/p+1. The van der Waals surface area contributed by atoms with Crippen molar-refractivity contribution in [1.82, 2.24) is 14.8 Å². The van der Waals surface area contributed by atoms with Crippen LogP contribution in [-0.4, -0.2) is 70.2 Å². The number of aromatic hydroxyl groups is 2. The van der Waals surface area contributed by atoms with E-state index in [0.717, 1.165) is 4.73 Å². The average molecular weight is 722 g/mol. The first-order valence-corrected chi connectivity index (χ1v) is 15.6. The van der Waals surface area contributed by atoms with Crippen LogP contribution >= 0.6 is 0 Å². The van der Waals surface area contributed by atoms with Crippen molar-refractivity contribution >= 4 is 57.6 Å². The summed E-state index contributed by atoms with van der Waals surface area (Å²) in [6.45, 7) is 0. The molecule has 4 aromatic carbocycles. The van der Waals surface area contributed by atoms with Gasteiger partial charge in [-0.25, -0.2) is 10.3 Å². The maximum absolute atomic E-state index is 12.1. The van der Waals surface area contributed by atoms with Crippen LogP contribution in [0.5, 0.6) is 11.5 Å². The number of carbonyl (C=O) groups excluding carboxylic acids is 2. The summed E-state index contributed by atoms with van der Waals surface area (Å²) in [5.41, 5.74) is -2.63. The predicted molar refractivity (Wildman–Crippen MR) is 196 cm³/mol. The van der Waals surface area contributed by atoms with E-state index >= 15 is 0 Å². The number of phenols is 2. The Labute approximate surface area is 300 Å². The summed E-state index contributed by atoms with van der Waals surface area (Å²) in [6, 6.07) is 18.8. The first-order valence-electron chi connectivity index (χ1n) is 15.6. The summed E-state index contributed by atoms with van der Waals surface area (Å²) in [6.07, 6.45) is 2.90. The van der Waals surface area contributed by atoms with Gasteiger partial charge < -0.3 is 41.2 Å². The minimum absolute atomic E-state index is 0.00500. The Morgan fingerprint density at radius 2 is 1.04 bits per heavy atom. The average Bonchev–Trinajstić information content (AvgIpc) is 3.16. The molecule has 0 aliphatic heterocycles. The molecule has 0 unspecified atom stereocenters. The largest absolute Gasteiger partial charge is 0.505 e. The van der Waals surface area contributed by atoms with Gasteiger partial charge in [-0.05, 0) is 42.5 Å². The Hall–Kier alpha value is -7.56. The molecule has 0 atom stereocenters. The molecule has 17 nitrogen and oxygen atoms in total. The summed E-state index contributed by atoms with van der Waals surface area (Å²) >= 11 is 0. The number of pyridine rings is 2. The van der Waals surface area contributed by atoms with Gasteiger partial charge in [0.25, 0.3) is 33.5 Å². The Balaban J connectivity index is 0.000000204. The fraction of sp³-hybridized carbons (Fsp3) is 0.111. The lowest BCUT2D eigenvalue weighted by atomic mass is 10.1. The molecule has 0 radical (unpaired) electrons. The highest BCUT2D eigenvalue weighted by Crippen LogP contribution is 2.34. The second-order valence-corrected chi connectivity index (χ2v) is 11.8. The molecule has 2 aromatic heterocycles. The minimum Gasteiger partial charge on any atom is -0.505 e. The summed E-state index contributed by atoms with van der Waals surface area (Å²) in [5.74, 6) is -0.861. The van der Waals surface area contributed by atoms with Crippen molar-refractivity contribution in [3.8, 4) is 11.5 Å². The van der Waals surface area contributed by atoms with Crippen molar-refractivity contribution < 1.29 is 29.7 Å². The van der Waals surface area contributed by atoms with Crippen LogP contribution in [-0.2, 0) is 0 Å². The third kappa shape index (κ3) is 7.48. The van der Waals surface area contributed by atoms with Crippen LogP contribution in [0, 0.1) is 0 Å². The van der Waals surface area contributed by atoms with Gasteiger partial charge in [0.1, 0.15) is 29.1 Å². The predicted octanol–water partition coefficient (Wildman–Crippen LogP) is 2.27. The molecule has 53 heavy (non-hydrogen) atoms. The van der Waals surface area contributed by atoms with Gasteiger partial charge in [-0.3, -0.25) is 28.8 Å². The fourth-order valence-electron chi connectivity index (χ4n) is 4.87. The number of nitrogens with zero attached hydrogens (tertiary/aromatic N) is 4. The zero-order chi connectivity index (χ0) is 38.6. The molecule has 6 rings (SSSR count). The fourth-order valence-corrected chi connectivity index (χ4v) is 4.87. The van der Waals surface area contributed by atoms with Gasteiger partial charge in [0.05, 0.1) is 22.5 Å². The highest BCUT2D eigenvalue weighted by Gasteiger charge is 2.28. The Morgan fingerprint density at radius 3 is 1.47 bits per heavy atom. The number of rotatable bonds is 10. The van der Waals surface area contributed by atoms with Gasteiger partial charge in [-0.1, -0.05) is 29.0 Å². The number of carbonyl (C=O) groups is 2. The molecule has 2 heterocycles. The molecule has 17 heteroatoms. The second-order valence-electron chi connectivity index (χ2n) is 11.8. The molecule has 0 aliphatic carbocycles. The number of hydrogen-bond acceptors (Lipinski definition) is 14. The van der Waals surface area contributed by atoms with Gasteiger partial charge in [-0.15, -0.1) is 0 Å². The minimum atomic E-state index is -0.776. The molecule has 0 fully saturated rings. The topological polar surface area (TPSA) is 234 Å². The van der Waals surface area contributed by atoms with Crippen LogP contribution in [0.2, 0.25) is 0 Å². The smallest absolute Gasteiger partial charge is 0.319 e. The Kier molecular flexibility index (Phi) is 10.5. The third-order valence-electron chi connectivity index (χ3n) is 7.70. The summed E-state index contributed by atoms with van der Waals surface area (Å²) in [5, 5.41) is 41.3. The third-order valence-corrected chi connectivity index (χ3v) is 7.70. The van der Waals surface area contributed by atoms with Crippen molar-refractivity contribution in [2.75, 3.05) is 49.5 Å². The summed E-state index contributed by atoms with van der Waals surface area (Å²) in [4.78, 5) is 78.5. The lowest BCUT2D eigenvalue weighted by molar-refractivity contribution is -0.893. The Bertz CT molecular complexity index is 2480. The van der Waals surface area contributed by atoms with E-state index in [9.17, 15) is 44.2 Å². The number of benzene rings is 2. The zero-order valence-electron chi connectivity index (χ0n) is 28.7. The lowest BCUT2D eigenvalue weighted by Gasteiger charge is -2.17. The van der Waals surface area contributed by atoms with Crippen LogP contribution in [0.25, 0.3) is 0 Å². The van der Waals surface area contributed by atoms with E-state index in [1.54, 1.807) is 70.8 Å². The maximum Gasteiger partial charge on any atom is 0.319 e. The highest BCUT2D eigenvalue weighted by molar-refractivity contribution is 6.00. The normalized spacial score (nSPS) is 10.6. The molecule has 0 saturated carbocycles. The van der Waals surface area contributed by atoms with Crippen LogP contribution in [0.4, 0.5) is 45.8 Å². The first kappa shape index (κ1) is 36.7. The molecule has 0 spiro atoms. The molecule has 0 bridgehead atoms. The number of aromatic nitrogens is 2. The van der Waals surface area contributed by atoms with Crippen molar-refractivity contribution in [3.05, 3.63) is 137 Å². The molecule has 2 amide bonds. The van der Waals surface area contributed by atoms with Gasteiger partial charge in [0, 0.05) is 40.5 Å². The van der Waals surface area contributed by atoms with Crippen molar-refractivity contribution in [2.24, 2.45) is 0 Å². The monoisotopic (exact) mass is 721 g/mol. The van der Waals surface area contributed by atoms with E-state index in [1.807, 2.05) is 0 Å². The van der Waals surface area contributed by atoms with Gasteiger partial charge in [0.15, 0.2) is 11.5 Å². The van der Waals surface area contributed by atoms with Crippen LogP contribution in [0.3, 0.4) is 0 Å². The summed E-state index contributed by atoms with van der Waals surface area (Å²) < 4.78 is 0.758. The molecular formula is C36H33N8O9+. The quantitative estimate of drug-likeness (QED) is 0.0466. The van der Waals surface area contributed by atoms with E-state index in [2.05, 4.69) is 26.3 Å². The number of para-hydroxylation sites is 2. The summed E-state index contributed by atoms with van der Waals surface area (Å²) in [7, 11) is 6.22. The van der Waals surface area contributed by atoms with E-state index in [4.69, 9.17) is 0 Å². The molecule has 0 saturated heterocycles. The molecular weight excluding hydrogens is 688 g/mol. The number of phenolic OH excluding ortho intramolecular Hbond substituents is 2. The lowest BCUT2D eigenvalue weighted by Crippen LogP contribution is -2.39. The van der Waals surface area contributed by atoms with Crippen molar-refractivity contribution in [3.63, 3.8) is 0 Å². The van der Waals surface area contributed by atoms with Crippen LogP contribution in [0.1, 0.15) is 20.7 Å². The van der Waals surface area contributed by atoms with Gasteiger partial charge in [-0.2, -0.15) is 0 Å². The van der Waals surface area contributed by atoms with Gasteiger partial charge in [0.2, 0.25) is 5.69 Å². The molecule has 270 valence electrons. The number of amides is 2. The molecule has 7 N–H and O–H groups in total. The maximum atomic E-state index is 12.1. The van der Waals surface area contributed by atoms with E-state index in [-0.39, 0.29) is 68.5 Å². The van der Waals surface area contributed by atoms with Gasteiger partial charge >= 0.3 is 5.82 Å². The molecule has 6 aromatic rings. The van der Waals surface area contributed by atoms with E-state index < -0.39 is 27.6 Å². The first-order chi connectivity index (χ1) is 25.2. The number of nitrogens with one attached hydrogen (secondary N) is 4. The van der Waals surface area contributed by atoms with Crippen molar-refractivity contribution in [1.29, 1.82) is 0 Å².